The zero-order valence-electron chi connectivity index (χ0n) is 13.3. The van der Waals surface area contributed by atoms with Gasteiger partial charge in [0.25, 0.3) is 5.91 Å². The molecule has 2 aliphatic rings. The zero-order valence-corrected chi connectivity index (χ0v) is 13.3. The molecule has 2 unspecified atom stereocenters. The topological polar surface area (TPSA) is 76.7 Å². The Morgan fingerprint density at radius 2 is 2.35 bits per heavy atom. The van der Waals surface area contributed by atoms with Crippen molar-refractivity contribution in [3.05, 3.63) is 23.8 Å². The summed E-state index contributed by atoms with van der Waals surface area (Å²) in [6.45, 7) is 2.70. The van der Waals surface area contributed by atoms with Gasteiger partial charge in [0.05, 0.1) is 12.1 Å². The molecule has 124 valence electrons. The number of benzene rings is 1. The lowest BCUT2D eigenvalue weighted by molar-refractivity contribution is -0.124. The molecule has 0 saturated carbocycles. The minimum absolute atomic E-state index is 0.00709. The van der Waals surface area contributed by atoms with E-state index in [0.717, 1.165) is 30.7 Å². The predicted octanol–water partition coefficient (Wildman–Crippen LogP) is 1.63. The minimum atomic E-state index is -0.154. The van der Waals surface area contributed by atoms with E-state index >= 15 is 0 Å². The normalized spacial score (nSPS) is 21.3. The number of fused-ring (bicyclic) bond motifs is 1. The van der Waals surface area contributed by atoms with Crippen LogP contribution in [0.25, 0.3) is 0 Å². The van der Waals surface area contributed by atoms with Crippen molar-refractivity contribution in [3.63, 3.8) is 0 Å². The third-order valence-corrected chi connectivity index (χ3v) is 4.25. The lowest BCUT2D eigenvalue weighted by Crippen LogP contribution is -2.42. The van der Waals surface area contributed by atoms with Crippen molar-refractivity contribution < 1.29 is 19.1 Å². The first-order chi connectivity index (χ1) is 11.1. The molecule has 2 heterocycles. The van der Waals surface area contributed by atoms with Crippen molar-refractivity contribution in [1.82, 2.24) is 5.32 Å². The summed E-state index contributed by atoms with van der Waals surface area (Å²) in [5.74, 6) is 0.521. The first-order valence-corrected chi connectivity index (χ1v) is 8.08. The molecule has 6 nitrogen and oxygen atoms in total. The van der Waals surface area contributed by atoms with Crippen LogP contribution in [-0.4, -0.2) is 37.2 Å². The average Bonchev–Trinajstić information content (AvgIpc) is 3.07. The van der Waals surface area contributed by atoms with Crippen LogP contribution in [0, 0.1) is 0 Å². The standard InChI is InChI=1S/C17H22N2O4/c1-11(15-3-2-8-22-15)18-17(21)10-23-13-5-6-14-12(9-13)4-7-16(20)19-14/h5-6,9,11,15H,2-4,7-8,10H2,1H3,(H,18,21)(H,19,20). The highest BCUT2D eigenvalue weighted by atomic mass is 16.5. The van der Waals surface area contributed by atoms with Gasteiger partial charge in [0.15, 0.2) is 6.61 Å². The lowest BCUT2D eigenvalue weighted by Gasteiger charge is -2.20. The van der Waals surface area contributed by atoms with Crippen LogP contribution in [0.2, 0.25) is 0 Å². The van der Waals surface area contributed by atoms with Crippen LogP contribution < -0.4 is 15.4 Å². The molecule has 0 radical (unpaired) electrons. The molecule has 1 saturated heterocycles. The van der Waals surface area contributed by atoms with Gasteiger partial charge in [-0.25, -0.2) is 0 Å². The fourth-order valence-electron chi connectivity index (χ4n) is 2.98. The average molecular weight is 318 g/mol. The van der Waals surface area contributed by atoms with Gasteiger partial charge in [-0.15, -0.1) is 0 Å². The van der Waals surface area contributed by atoms with Crippen molar-refractivity contribution >= 4 is 17.5 Å². The molecule has 3 rings (SSSR count). The summed E-state index contributed by atoms with van der Waals surface area (Å²) in [5.41, 5.74) is 1.86. The Bertz CT molecular complexity index is 596. The minimum Gasteiger partial charge on any atom is -0.484 e. The van der Waals surface area contributed by atoms with Crippen molar-refractivity contribution in [1.29, 1.82) is 0 Å². The van der Waals surface area contributed by atoms with Crippen molar-refractivity contribution in [3.8, 4) is 5.75 Å². The summed E-state index contributed by atoms with van der Waals surface area (Å²) in [6.07, 6.45) is 3.31. The van der Waals surface area contributed by atoms with Crippen LogP contribution in [0.3, 0.4) is 0 Å². The number of carbonyl (C=O) groups excluding carboxylic acids is 2. The van der Waals surface area contributed by atoms with Crippen LogP contribution in [-0.2, 0) is 20.7 Å². The molecule has 0 bridgehead atoms. The second-order valence-corrected chi connectivity index (χ2v) is 6.06. The van der Waals surface area contributed by atoms with Gasteiger partial charge in [0, 0.05) is 18.7 Å². The Labute approximate surface area is 135 Å². The quantitative estimate of drug-likeness (QED) is 0.865. The van der Waals surface area contributed by atoms with E-state index < -0.39 is 0 Å². The summed E-state index contributed by atoms with van der Waals surface area (Å²) in [7, 11) is 0. The molecule has 1 fully saturated rings. The van der Waals surface area contributed by atoms with Crippen LogP contribution in [0.15, 0.2) is 18.2 Å². The van der Waals surface area contributed by atoms with E-state index in [2.05, 4.69) is 10.6 Å². The summed E-state index contributed by atoms with van der Waals surface area (Å²) < 4.78 is 11.1. The number of amides is 2. The molecule has 0 spiro atoms. The number of rotatable bonds is 5. The maximum absolute atomic E-state index is 12.0. The van der Waals surface area contributed by atoms with Gasteiger partial charge in [-0.1, -0.05) is 0 Å². The molecule has 1 aromatic carbocycles. The Morgan fingerprint density at radius 3 is 3.13 bits per heavy atom. The smallest absolute Gasteiger partial charge is 0.258 e. The second kappa shape index (κ2) is 7.00. The predicted molar refractivity (Wildman–Crippen MR) is 85.5 cm³/mol. The SMILES string of the molecule is CC(NC(=O)COc1ccc2c(c1)CCC(=O)N2)C1CCCO1. The van der Waals surface area contributed by atoms with Crippen molar-refractivity contribution in [2.75, 3.05) is 18.5 Å². The molecule has 2 N–H and O–H groups in total. The van der Waals surface area contributed by atoms with Crippen LogP contribution in [0.1, 0.15) is 31.7 Å². The van der Waals surface area contributed by atoms with Gasteiger partial charge < -0.3 is 20.1 Å². The van der Waals surface area contributed by atoms with Crippen LogP contribution >= 0.6 is 0 Å². The maximum Gasteiger partial charge on any atom is 0.258 e. The Morgan fingerprint density at radius 1 is 1.48 bits per heavy atom. The van der Waals surface area contributed by atoms with Gasteiger partial charge in [-0.05, 0) is 49.9 Å². The van der Waals surface area contributed by atoms with Gasteiger partial charge in [-0.3, -0.25) is 9.59 Å². The van der Waals surface area contributed by atoms with Crippen molar-refractivity contribution in [2.24, 2.45) is 0 Å². The third-order valence-electron chi connectivity index (χ3n) is 4.25. The number of hydrogen-bond acceptors (Lipinski definition) is 4. The molecular formula is C17H22N2O4. The van der Waals surface area contributed by atoms with Gasteiger partial charge in [-0.2, -0.15) is 0 Å². The van der Waals surface area contributed by atoms with Crippen molar-refractivity contribution in [2.45, 2.75) is 44.8 Å². The summed E-state index contributed by atoms with van der Waals surface area (Å²) >= 11 is 0. The van der Waals surface area contributed by atoms with E-state index in [1.807, 2.05) is 19.1 Å². The number of aryl methyl sites for hydroxylation is 1. The molecular weight excluding hydrogens is 296 g/mol. The lowest BCUT2D eigenvalue weighted by atomic mass is 10.0. The molecule has 0 aromatic heterocycles. The van der Waals surface area contributed by atoms with Crippen LogP contribution in [0.4, 0.5) is 5.69 Å². The summed E-state index contributed by atoms with van der Waals surface area (Å²) in [4.78, 5) is 23.3. The van der Waals surface area contributed by atoms with Gasteiger partial charge >= 0.3 is 0 Å². The highest BCUT2D eigenvalue weighted by molar-refractivity contribution is 5.94. The number of carbonyl (C=O) groups is 2. The number of nitrogens with one attached hydrogen (secondary N) is 2. The molecule has 2 atom stereocenters. The van der Waals surface area contributed by atoms with E-state index in [1.165, 1.54) is 0 Å². The fraction of sp³-hybridized carbons (Fsp3) is 0.529. The van der Waals surface area contributed by atoms with Gasteiger partial charge in [0.2, 0.25) is 5.91 Å². The van der Waals surface area contributed by atoms with E-state index in [0.29, 0.717) is 18.6 Å². The monoisotopic (exact) mass is 318 g/mol. The zero-order chi connectivity index (χ0) is 16.2. The Hall–Kier alpha value is -2.08. The van der Waals surface area contributed by atoms with E-state index in [-0.39, 0.29) is 30.6 Å². The highest BCUT2D eigenvalue weighted by Gasteiger charge is 2.23. The molecule has 6 heteroatoms. The molecule has 23 heavy (non-hydrogen) atoms. The number of ether oxygens (including phenoxy) is 2. The highest BCUT2D eigenvalue weighted by Crippen LogP contribution is 2.26. The summed E-state index contributed by atoms with van der Waals surface area (Å²) in [6, 6.07) is 5.45. The third kappa shape index (κ3) is 4.01. The maximum atomic E-state index is 12.0. The van der Waals surface area contributed by atoms with E-state index in [9.17, 15) is 9.59 Å². The van der Waals surface area contributed by atoms with Gasteiger partial charge in [0.1, 0.15) is 5.75 Å². The largest absolute Gasteiger partial charge is 0.484 e. The first-order valence-electron chi connectivity index (χ1n) is 8.08. The Balaban J connectivity index is 1.50. The molecule has 1 aromatic rings. The fourth-order valence-corrected chi connectivity index (χ4v) is 2.98. The molecule has 2 amide bonds. The number of hydrogen-bond donors (Lipinski definition) is 2. The molecule has 0 aliphatic carbocycles. The Kier molecular flexibility index (Phi) is 4.81. The van der Waals surface area contributed by atoms with E-state index in [4.69, 9.17) is 9.47 Å². The van der Waals surface area contributed by atoms with Crippen LogP contribution in [0.5, 0.6) is 5.75 Å². The summed E-state index contributed by atoms with van der Waals surface area (Å²) in [5, 5.41) is 5.74. The number of anilines is 1. The van der Waals surface area contributed by atoms with E-state index in [1.54, 1.807) is 6.07 Å². The second-order valence-electron chi connectivity index (χ2n) is 6.06. The first kappa shape index (κ1) is 15.8. The molecule has 2 aliphatic heterocycles.